The zero-order valence-corrected chi connectivity index (χ0v) is 13.8. The molecule has 0 aliphatic rings. The fraction of sp³-hybridized carbons (Fsp3) is 0.250. The minimum absolute atomic E-state index is 0.0420. The Balaban J connectivity index is 1.94. The molecular formula is C16H17BrN2O2. The highest BCUT2D eigenvalue weighted by molar-refractivity contribution is 9.10. The molecule has 0 radical (unpaired) electrons. The van der Waals surface area contributed by atoms with E-state index < -0.39 is 0 Å². The number of benzene rings is 1. The lowest BCUT2D eigenvalue weighted by molar-refractivity contribution is -0.118. The largest absolute Gasteiger partial charge is 0.484 e. The minimum atomic E-state index is -0.233. The van der Waals surface area contributed by atoms with E-state index in [1.54, 1.807) is 6.07 Å². The molecule has 0 saturated carbocycles. The Hall–Kier alpha value is -1.88. The quantitative estimate of drug-likeness (QED) is 0.914. The Morgan fingerprint density at radius 1 is 1.19 bits per heavy atom. The number of ether oxygens (including phenoxy) is 1. The number of amides is 1. The van der Waals surface area contributed by atoms with Crippen LogP contribution in [0.1, 0.15) is 16.8 Å². The van der Waals surface area contributed by atoms with Gasteiger partial charge in [0, 0.05) is 4.47 Å². The summed E-state index contributed by atoms with van der Waals surface area (Å²) in [5.74, 6) is 0.982. The molecule has 4 nitrogen and oxygen atoms in total. The van der Waals surface area contributed by atoms with Gasteiger partial charge in [0.05, 0.1) is 5.69 Å². The molecule has 110 valence electrons. The molecule has 2 rings (SSSR count). The lowest BCUT2D eigenvalue weighted by Gasteiger charge is -2.09. The number of halogens is 1. The molecule has 0 fully saturated rings. The average molecular weight is 349 g/mol. The monoisotopic (exact) mass is 348 g/mol. The third kappa shape index (κ3) is 4.56. The Morgan fingerprint density at radius 3 is 2.48 bits per heavy atom. The van der Waals surface area contributed by atoms with Gasteiger partial charge < -0.3 is 10.1 Å². The highest BCUT2D eigenvalue weighted by Crippen LogP contribution is 2.17. The summed E-state index contributed by atoms with van der Waals surface area (Å²) in [5, 5.41) is 2.71. The van der Waals surface area contributed by atoms with Gasteiger partial charge >= 0.3 is 0 Å². The first-order valence-corrected chi connectivity index (χ1v) is 7.37. The Bertz CT molecular complexity index is 651. The molecule has 1 amide bonds. The van der Waals surface area contributed by atoms with Crippen molar-refractivity contribution < 1.29 is 9.53 Å². The van der Waals surface area contributed by atoms with Crippen LogP contribution >= 0.6 is 15.9 Å². The van der Waals surface area contributed by atoms with Gasteiger partial charge in [0.15, 0.2) is 6.61 Å². The molecule has 0 aliphatic carbocycles. The summed E-state index contributed by atoms with van der Waals surface area (Å²) >= 11 is 3.37. The maximum Gasteiger partial charge on any atom is 0.263 e. The van der Waals surface area contributed by atoms with E-state index in [2.05, 4.69) is 32.3 Å². The minimum Gasteiger partial charge on any atom is -0.484 e. The van der Waals surface area contributed by atoms with Crippen LogP contribution in [-0.2, 0) is 4.79 Å². The van der Waals surface area contributed by atoms with Crippen LogP contribution in [0.25, 0.3) is 0 Å². The number of hydrogen-bond donors (Lipinski definition) is 1. The number of aromatic nitrogens is 1. The Labute approximate surface area is 132 Å². The van der Waals surface area contributed by atoms with Crippen LogP contribution in [0.3, 0.4) is 0 Å². The molecule has 1 aromatic heterocycles. The highest BCUT2D eigenvalue weighted by Gasteiger charge is 2.06. The summed E-state index contributed by atoms with van der Waals surface area (Å²) in [7, 11) is 0. The molecule has 1 N–H and O–H groups in total. The predicted octanol–water partition coefficient (Wildman–Crippen LogP) is 3.79. The molecule has 21 heavy (non-hydrogen) atoms. The fourth-order valence-corrected chi connectivity index (χ4v) is 2.18. The van der Waals surface area contributed by atoms with E-state index >= 15 is 0 Å². The van der Waals surface area contributed by atoms with Gasteiger partial charge in [-0.25, -0.2) is 4.98 Å². The topological polar surface area (TPSA) is 51.2 Å². The normalized spacial score (nSPS) is 10.3. The molecular weight excluding hydrogens is 332 g/mol. The van der Waals surface area contributed by atoms with E-state index in [1.165, 1.54) is 0 Å². The maximum atomic E-state index is 11.9. The van der Waals surface area contributed by atoms with Crippen molar-refractivity contribution in [1.82, 2.24) is 4.98 Å². The SMILES string of the molecule is Cc1cc(C)cc(OCC(=O)Nc2ccc(Br)c(C)n2)c1. The van der Waals surface area contributed by atoms with Crippen molar-refractivity contribution in [2.45, 2.75) is 20.8 Å². The van der Waals surface area contributed by atoms with Gasteiger partial charge in [0.1, 0.15) is 11.6 Å². The maximum absolute atomic E-state index is 11.9. The van der Waals surface area contributed by atoms with Gasteiger partial charge in [-0.2, -0.15) is 0 Å². The average Bonchev–Trinajstić information content (AvgIpc) is 2.40. The fourth-order valence-electron chi connectivity index (χ4n) is 1.96. The van der Waals surface area contributed by atoms with Gasteiger partial charge in [-0.15, -0.1) is 0 Å². The zero-order chi connectivity index (χ0) is 15.4. The molecule has 1 heterocycles. The number of anilines is 1. The number of carbonyl (C=O) groups is 1. The number of nitrogens with one attached hydrogen (secondary N) is 1. The first-order valence-electron chi connectivity index (χ1n) is 6.58. The van der Waals surface area contributed by atoms with Crippen molar-refractivity contribution in [2.24, 2.45) is 0 Å². The van der Waals surface area contributed by atoms with E-state index in [0.29, 0.717) is 11.6 Å². The Kier molecular flexibility index (Phi) is 4.96. The van der Waals surface area contributed by atoms with Gasteiger partial charge in [0.2, 0.25) is 0 Å². The summed E-state index contributed by atoms with van der Waals surface area (Å²) < 4.78 is 6.42. The summed E-state index contributed by atoms with van der Waals surface area (Å²) in [5.41, 5.74) is 3.04. The summed E-state index contributed by atoms with van der Waals surface area (Å²) in [6, 6.07) is 9.46. The second-order valence-corrected chi connectivity index (χ2v) is 5.78. The van der Waals surface area contributed by atoms with Gasteiger partial charge in [-0.3, -0.25) is 4.79 Å². The predicted molar refractivity (Wildman–Crippen MR) is 86.7 cm³/mol. The van der Waals surface area contributed by atoms with Crippen molar-refractivity contribution in [2.75, 3.05) is 11.9 Å². The number of pyridine rings is 1. The van der Waals surface area contributed by atoms with Crippen molar-refractivity contribution in [1.29, 1.82) is 0 Å². The van der Waals surface area contributed by atoms with Crippen molar-refractivity contribution in [3.8, 4) is 5.75 Å². The van der Waals surface area contributed by atoms with E-state index in [0.717, 1.165) is 21.3 Å². The molecule has 1 aromatic carbocycles. The van der Waals surface area contributed by atoms with Crippen LogP contribution in [0.5, 0.6) is 5.75 Å². The second kappa shape index (κ2) is 6.72. The lowest BCUT2D eigenvalue weighted by Crippen LogP contribution is -2.21. The molecule has 2 aromatic rings. The molecule has 0 saturated heterocycles. The van der Waals surface area contributed by atoms with Crippen LogP contribution in [0.2, 0.25) is 0 Å². The van der Waals surface area contributed by atoms with Crippen LogP contribution in [0.4, 0.5) is 5.82 Å². The molecule has 0 aliphatic heterocycles. The lowest BCUT2D eigenvalue weighted by atomic mass is 10.1. The summed E-state index contributed by atoms with van der Waals surface area (Å²) in [6.45, 7) is 5.81. The van der Waals surface area contributed by atoms with Crippen molar-refractivity contribution >= 4 is 27.7 Å². The van der Waals surface area contributed by atoms with E-state index in [-0.39, 0.29) is 12.5 Å². The second-order valence-electron chi connectivity index (χ2n) is 4.92. The number of aryl methyl sites for hydroxylation is 3. The summed E-state index contributed by atoms with van der Waals surface area (Å²) in [6.07, 6.45) is 0. The Morgan fingerprint density at radius 2 is 1.86 bits per heavy atom. The number of rotatable bonds is 4. The van der Waals surface area contributed by atoms with Crippen molar-refractivity contribution in [3.63, 3.8) is 0 Å². The van der Waals surface area contributed by atoms with Crippen LogP contribution in [0, 0.1) is 20.8 Å². The number of hydrogen-bond acceptors (Lipinski definition) is 3. The van der Waals surface area contributed by atoms with E-state index in [1.807, 2.05) is 39.0 Å². The third-order valence-corrected chi connectivity index (χ3v) is 3.69. The van der Waals surface area contributed by atoms with Crippen LogP contribution < -0.4 is 10.1 Å². The molecule has 0 unspecified atom stereocenters. The van der Waals surface area contributed by atoms with Crippen LogP contribution in [0.15, 0.2) is 34.8 Å². The standard InChI is InChI=1S/C16H17BrN2O2/c1-10-6-11(2)8-13(7-10)21-9-16(20)19-15-5-4-14(17)12(3)18-15/h4-8H,9H2,1-3H3,(H,18,19,20). The molecule has 0 atom stereocenters. The van der Waals surface area contributed by atoms with Gasteiger partial charge in [-0.1, -0.05) is 6.07 Å². The molecule has 0 bridgehead atoms. The molecule has 0 spiro atoms. The summed E-state index contributed by atoms with van der Waals surface area (Å²) in [4.78, 5) is 16.1. The first kappa shape index (κ1) is 15.5. The van der Waals surface area contributed by atoms with E-state index in [4.69, 9.17) is 4.74 Å². The zero-order valence-electron chi connectivity index (χ0n) is 12.2. The highest BCUT2D eigenvalue weighted by atomic mass is 79.9. The van der Waals surface area contributed by atoms with Crippen LogP contribution in [-0.4, -0.2) is 17.5 Å². The smallest absolute Gasteiger partial charge is 0.263 e. The van der Waals surface area contributed by atoms with E-state index in [9.17, 15) is 4.79 Å². The van der Waals surface area contributed by atoms with Gasteiger partial charge in [-0.05, 0) is 72.1 Å². The number of nitrogens with zero attached hydrogens (tertiary/aromatic N) is 1. The van der Waals surface area contributed by atoms with Crippen molar-refractivity contribution in [3.05, 3.63) is 51.6 Å². The third-order valence-electron chi connectivity index (χ3n) is 2.85. The molecule has 5 heteroatoms. The van der Waals surface area contributed by atoms with Gasteiger partial charge in [0.25, 0.3) is 5.91 Å². The number of carbonyl (C=O) groups excluding carboxylic acids is 1. The first-order chi connectivity index (χ1) is 9.94.